The molecule has 5 heteroatoms. The van der Waals surface area contributed by atoms with Gasteiger partial charge in [0.1, 0.15) is 0 Å². The van der Waals surface area contributed by atoms with Crippen LogP contribution in [0.4, 0.5) is 0 Å². The summed E-state index contributed by atoms with van der Waals surface area (Å²) in [6, 6.07) is 0. The quantitative estimate of drug-likeness (QED) is 0.543. The van der Waals surface area contributed by atoms with Gasteiger partial charge in [-0.2, -0.15) is 0 Å². The van der Waals surface area contributed by atoms with E-state index in [-0.39, 0.29) is 29.1 Å². The molecule has 30 heavy (non-hydrogen) atoms. The van der Waals surface area contributed by atoms with Crippen molar-refractivity contribution in [2.24, 2.45) is 40.4 Å². The zero-order valence-corrected chi connectivity index (χ0v) is 19.4. The molecule has 4 aliphatic rings. The summed E-state index contributed by atoms with van der Waals surface area (Å²) in [5.74, 6) is 1.51. The second kappa shape index (κ2) is 9.07. The summed E-state index contributed by atoms with van der Waals surface area (Å²) in [6.45, 7) is 8.94. The summed E-state index contributed by atoms with van der Waals surface area (Å²) in [7, 11) is 0. The minimum atomic E-state index is -0.693. The second-order valence-corrected chi connectivity index (χ2v) is 11.3. The van der Waals surface area contributed by atoms with E-state index in [1.807, 2.05) is 6.92 Å². The summed E-state index contributed by atoms with van der Waals surface area (Å²) in [4.78, 5) is 9.76. The van der Waals surface area contributed by atoms with Crippen LogP contribution in [0.15, 0.2) is 0 Å². The largest absolute Gasteiger partial charge is 0.481 e. The Morgan fingerprint density at radius 1 is 1.00 bits per heavy atom. The van der Waals surface area contributed by atoms with Crippen LogP contribution in [0, 0.1) is 40.4 Å². The fourth-order valence-electron chi connectivity index (χ4n) is 7.80. The number of aliphatic carboxylic acids is 1. The van der Waals surface area contributed by atoms with E-state index in [0.717, 1.165) is 51.4 Å². The lowest BCUT2D eigenvalue weighted by atomic mass is 9.43. The first-order valence-electron chi connectivity index (χ1n) is 12.3. The molecule has 0 spiro atoms. The third-order valence-electron chi connectivity index (χ3n) is 9.96. The maximum absolute atomic E-state index is 11.1. The zero-order chi connectivity index (χ0) is 22.3. The van der Waals surface area contributed by atoms with Gasteiger partial charge in [0.05, 0.1) is 18.3 Å². The number of hydrogen-bond acceptors (Lipinski definition) is 4. The first-order valence-corrected chi connectivity index (χ1v) is 12.3. The zero-order valence-electron chi connectivity index (χ0n) is 19.4. The molecule has 4 N–H and O–H groups in total. The highest BCUT2D eigenvalue weighted by Gasteiger charge is 2.64. The minimum absolute atomic E-state index is 0.0144. The van der Waals surface area contributed by atoms with Crippen LogP contribution in [0.2, 0.25) is 0 Å². The van der Waals surface area contributed by atoms with E-state index in [1.54, 1.807) is 0 Å². The Bertz CT molecular complexity index is 608. The van der Waals surface area contributed by atoms with Gasteiger partial charge in [0.2, 0.25) is 0 Å². The first kappa shape index (κ1) is 24.0. The molecule has 4 fully saturated rings. The van der Waals surface area contributed by atoms with Gasteiger partial charge in [-0.1, -0.05) is 34.1 Å². The summed E-state index contributed by atoms with van der Waals surface area (Å²) < 4.78 is 0. The molecule has 4 rings (SSSR count). The molecular weight excluding hydrogens is 380 g/mol. The Kier molecular flexibility index (Phi) is 7.26. The number of unbranched alkanes of at least 4 members (excludes halogenated alkanes) is 1. The first-order chi connectivity index (χ1) is 14.1. The number of rotatable bonds is 3. The Balaban J connectivity index is 0.000000318. The molecule has 0 radical (unpaired) electrons. The standard InChI is InChI=1S/C20H34O3.C5H10O2/c1-11-4-5-14-18-15(10-17(23)20(11,14)3)19(2)7-6-13(21)8-12(19)9-16(18)22;1-2-3-4-5(6)7/h11-18,21-23H,4-10H2,1-3H3;2-4H2,1H3,(H,6,7). The molecule has 0 aromatic heterocycles. The van der Waals surface area contributed by atoms with Gasteiger partial charge in [-0.25, -0.2) is 0 Å². The third kappa shape index (κ3) is 4.06. The Morgan fingerprint density at radius 2 is 1.70 bits per heavy atom. The predicted octanol–water partition coefficient (Wildman–Crippen LogP) is 4.23. The minimum Gasteiger partial charge on any atom is -0.481 e. The highest BCUT2D eigenvalue weighted by molar-refractivity contribution is 5.66. The molecule has 4 aliphatic carbocycles. The van der Waals surface area contributed by atoms with Crippen LogP contribution in [0.25, 0.3) is 0 Å². The number of fused-ring (bicyclic) bond motifs is 5. The van der Waals surface area contributed by atoms with Crippen molar-refractivity contribution in [1.29, 1.82) is 0 Å². The van der Waals surface area contributed by atoms with Gasteiger partial charge in [0.25, 0.3) is 0 Å². The van der Waals surface area contributed by atoms with Gasteiger partial charge in [-0.15, -0.1) is 0 Å². The van der Waals surface area contributed by atoms with Crippen molar-refractivity contribution in [1.82, 2.24) is 0 Å². The van der Waals surface area contributed by atoms with Gasteiger partial charge in [0.15, 0.2) is 0 Å². The lowest BCUT2D eigenvalue weighted by molar-refractivity contribution is -0.203. The van der Waals surface area contributed by atoms with Crippen molar-refractivity contribution in [3.8, 4) is 0 Å². The van der Waals surface area contributed by atoms with Crippen molar-refractivity contribution in [3.63, 3.8) is 0 Å². The lowest BCUT2D eigenvalue weighted by Crippen LogP contribution is -2.61. The highest BCUT2D eigenvalue weighted by Crippen LogP contribution is 2.67. The lowest BCUT2D eigenvalue weighted by Gasteiger charge is -2.63. The van der Waals surface area contributed by atoms with Gasteiger partial charge in [0, 0.05) is 6.42 Å². The number of hydrogen-bond donors (Lipinski definition) is 4. The maximum Gasteiger partial charge on any atom is 0.303 e. The van der Waals surface area contributed by atoms with Crippen LogP contribution in [0.3, 0.4) is 0 Å². The Labute approximate surface area is 182 Å². The van der Waals surface area contributed by atoms with Gasteiger partial charge in [-0.05, 0) is 91.8 Å². The molecule has 10 atom stereocenters. The van der Waals surface area contributed by atoms with E-state index in [9.17, 15) is 20.1 Å². The van der Waals surface area contributed by atoms with E-state index in [1.165, 1.54) is 6.42 Å². The topological polar surface area (TPSA) is 98.0 Å². The Morgan fingerprint density at radius 3 is 2.30 bits per heavy atom. The summed E-state index contributed by atoms with van der Waals surface area (Å²) >= 11 is 0. The van der Waals surface area contributed by atoms with Crippen LogP contribution in [-0.2, 0) is 4.79 Å². The molecule has 0 saturated heterocycles. The molecule has 0 amide bonds. The monoisotopic (exact) mass is 424 g/mol. The van der Waals surface area contributed by atoms with Crippen molar-refractivity contribution in [2.45, 2.75) is 110 Å². The molecule has 0 heterocycles. The molecule has 0 aliphatic heterocycles. The molecule has 5 nitrogen and oxygen atoms in total. The number of carboxylic acids is 1. The van der Waals surface area contributed by atoms with Gasteiger partial charge in [-0.3, -0.25) is 4.79 Å². The molecule has 0 aromatic rings. The van der Waals surface area contributed by atoms with Crippen LogP contribution in [-0.4, -0.2) is 44.7 Å². The van der Waals surface area contributed by atoms with Crippen LogP contribution in [0.5, 0.6) is 0 Å². The fraction of sp³-hybridized carbons (Fsp3) is 0.960. The predicted molar refractivity (Wildman–Crippen MR) is 117 cm³/mol. The van der Waals surface area contributed by atoms with E-state index in [2.05, 4.69) is 20.8 Å². The van der Waals surface area contributed by atoms with Crippen molar-refractivity contribution < 1.29 is 25.2 Å². The summed E-state index contributed by atoms with van der Waals surface area (Å²) in [6.07, 6.45) is 8.24. The molecule has 0 aromatic carbocycles. The normalized spacial score (nSPS) is 49.8. The SMILES string of the molecule is CC1CCC2C3C(O)CC4CC(O)CCC4(C)C3CC(O)C12C.CCCCC(=O)O. The van der Waals surface area contributed by atoms with E-state index in [0.29, 0.717) is 36.0 Å². The fourth-order valence-corrected chi connectivity index (χ4v) is 7.80. The van der Waals surface area contributed by atoms with E-state index < -0.39 is 5.97 Å². The molecular formula is C25H44O5. The smallest absolute Gasteiger partial charge is 0.303 e. The number of aliphatic hydroxyl groups is 3. The van der Waals surface area contributed by atoms with E-state index in [4.69, 9.17) is 5.11 Å². The van der Waals surface area contributed by atoms with Crippen LogP contribution in [0.1, 0.15) is 91.9 Å². The summed E-state index contributed by atoms with van der Waals surface area (Å²) in [5.41, 5.74) is 0.177. The third-order valence-corrected chi connectivity index (χ3v) is 9.96. The van der Waals surface area contributed by atoms with Gasteiger partial charge >= 0.3 is 5.97 Å². The van der Waals surface area contributed by atoms with E-state index >= 15 is 0 Å². The number of carboxylic acid groups (broad SMARTS) is 1. The van der Waals surface area contributed by atoms with Gasteiger partial charge < -0.3 is 20.4 Å². The maximum atomic E-state index is 11.1. The second-order valence-electron chi connectivity index (χ2n) is 11.3. The average Bonchev–Trinajstić information content (AvgIpc) is 2.99. The van der Waals surface area contributed by atoms with Crippen LogP contribution < -0.4 is 0 Å². The molecule has 10 unspecified atom stereocenters. The summed E-state index contributed by atoms with van der Waals surface area (Å²) in [5, 5.41) is 40.2. The van der Waals surface area contributed by atoms with Crippen molar-refractivity contribution in [3.05, 3.63) is 0 Å². The molecule has 0 bridgehead atoms. The van der Waals surface area contributed by atoms with Crippen molar-refractivity contribution in [2.75, 3.05) is 0 Å². The number of carbonyl (C=O) groups is 1. The molecule has 174 valence electrons. The highest BCUT2D eigenvalue weighted by atomic mass is 16.4. The number of aliphatic hydroxyl groups excluding tert-OH is 3. The van der Waals surface area contributed by atoms with Crippen LogP contribution >= 0.6 is 0 Å². The molecule has 4 saturated carbocycles. The Hall–Kier alpha value is -0.650. The average molecular weight is 425 g/mol. The van der Waals surface area contributed by atoms with Crippen molar-refractivity contribution >= 4 is 5.97 Å².